The predicted octanol–water partition coefficient (Wildman–Crippen LogP) is 3.79. The lowest BCUT2D eigenvalue weighted by Gasteiger charge is -2.35. The number of ether oxygens (including phenoxy) is 1. The predicted molar refractivity (Wildman–Crippen MR) is 117 cm³/mol. The highest BCUT2D eigenvalue weighted by Crippen LogP contribution is 2.34. The molecular formula is C24H27N3O2. The molecule has 2 aromatic carbocycles. The maximum atomic E-state index is 13.5. The Balaban J connectivity index is 1.85. The van der Waals surface area contributed by atoms with E-state index in [0.717, 1.165) is 54.9 Å². The summed E-state index contributed by atoms with van der Waals surface area (Å²) in [6.45, 7) is 5.80. The van der Waals surface area contributed by atoms with E-state index in [2.05, 4.69) is 28.8 Å². The van der Waals surface area contributed by atoms with Crippen molar-refractivity contribution in [2.75, 3.05) is 45.2 Å². The Bertz CT molecular complexity index is 1020. The standard InChI is InChI=1S/C24H27N3O2/c1-4-17-5-7-18(8-6-17)24(28)21-16-25-22-10-9-19(29-3)15-20(22)23(21)27-13-11-26(2)12-14-27/h5-10,15-16H,4,11-14H2,1-3H3. The molecule has 0 aliphatic carbocycles. The number of fused-ring (bicyclic) bond motifs is 1. The Hall–Kier alpha value is -2.92. The molecule has 4 rings (SSSR count). The van der Waals surface area contributed by atoms with Gasteiger partial charge in [-0.1, -0.05) is 31.2 Å². The Morgan fingerprint density at radius 3 is 2.45 bits per heavy atom. The highest BCUT2D eigenvalue weighted by molar-refractivity contribution is 6.16. The maximum Gasteiger partial charge on any atom is 0.196 e. The summed E-state index contributed by atoms with van der Waals surface area (Å²) in [4.78, 5) is 22.7. The van der Waals surface area contributed by atoms with Crippen LogP contribution in [0.3, 0.4) is 0 Å². The monoisotopic (exact) mass is 389 g/mol. The number of hydrogen-bond acceptors (Lipinski definition) is 5. The third kappa shape index (κ3) is 3.83. The number of likely N-dealkylation sites (N-methyl/N-ethyl adjacent to an activating group) is 1. The zero-order chi connectivity index (χ0) is 20.4. The van der Waals surface area contributed by atoms with Crippen molar-refractivity contribution in [3.05, 3.63) is 65.4 Å². The lowest BCUT2D eigenvalue weighted by molar-refractivity contribution is 0.103. The second-order valence-corrected chi connectivity index (χ2v) is 7.57. The number of carbonyl (C=O) groups is 1. The average Bonchev–Trinajstić information content (AvgIpc) is 2.78. The topological polar surface area (TPSA) is 45.7 Å². The molecule has 1 saturated heterocycles. The summed E-state index contributed by atoms with van der Waals surface area (Å²) >= 11 is 0. The molecule has 5 nitrogen and oxygen atoms in total. The molecule has 0 unspecified atom stereocenters. The minimum atomic E-state index is 0.0128. The summed E-state index contributed by atoms with van der Waals surface area (Å²) in [6, 6.07) is 13.8. The van der Waals surface area contributed by atoms with Gasteiger partial charge in [-0.15, -0.1) is 0 Å². The van der Waals surface area contributed by atoms with Crippen LogP contribution in [0.15, 0.2) is 48.7 Å². The summed E-state index contributed by atoms with van der Waals surface area (Å²) in [5.74, 6) is 0.783. The number of ketones is 1. The second-order valence-electron chi connectivity index (χ2n) is 7.57. The van der Waals surface area contributed by atoms with Gasteiger partial charge in [0.1, 0.15) is 5.75 Å². The van der Waals surface area contributed by atoms with Crippen molar-refractivity contribution < 1.29 is 9.53 Å². The highest BCUT2D eigenvalue weighted by atomic mass is 16.5. The average molecular weight is 389 g/mol. The lowest BCUT2D eigenvalue weighted by atomic mass is 9.98. The lowest BCUT2D eigenvalue weighted by Crippen LogP contribution is -2.45. The largest absolute Gasteiger partial charge is 0.497 e. The molecule has 0 N–H and O–H groups in total. The summed E-state index contributed by atoms with van der Waals surface area (Å²) in [5, 5.41) is 0.963. The molecule has 0 atom stereocenters. The fourth-order valence-corrected chi connectivity index (χ4v) is 3.87. The number of rotatable bonds is 5. The number of anilines is 1. The van der Waals surface area contributed by atoms with Gasteiger partial charge in [0.25, 0.3) is 0 Å². The van der Waals surface area contributed by atoms with E-state index in [9.17, 15) is 4.79 Å². The molecule has 0 spiro atoms. The molecule has 29 heavy (non-hydrogen) atoms. The van der Waals surface area contributed by atoms with Crippen molar-refractivity contribution in [3.8, 4) is 5.75 Å². The van der Waals surface area contributed by atoms with Crippen molar-refractivity contribution in [2.24, 2.45) is 0 Å². The highest BCUT2D eigenvalue weighted by Gasteiger charge is 2.24. The van der Waals surface area contributed by atoms with Gasteiger partial charge in [0, 0.05) is 43.3 Å². The van der Waals surface area contributed by atoms with E-state index in [1.807, 2.05) is 42.5 Å². The van der Waals surface area contributed by atoms with E-state index >= 15 is 0 Å². The second kappa shape index (κ2) is 8.21. The molecule has 3 aromatic rings. The number of nitrogens with zero attached hydrogens (tertiary/aromatic N) is 3. The Kier molecular flexibility index (Phi) is 5.49. The number of benzene rings is 2. The van der Waals surface area contributed by atoms with Crippen molar-refractivity contribution in [1.29, 1.82) is 0 Å². The van der Waals surface area contributed by atoms with E-state index in [1.165, 1.54) is 5.56 Å². The van der Waals surface area contributed by atoms with Crippen molar-refractivity contribution in [2.45, 2.75) is 13.3 Å². The number of pyridine rings is 1. The number of hydrogen-bond donors (Lipinski definition) is 0. The smallest absolute Gasteiger partial charge is 0.196 e. The van der Waals surface area contributed by atoms with Crippen LogP contribution in [0.5, 0.6) is 5.75 Å². The van der Waals surface area contributed by atoms with Gasteiger partial charge in [-0.05, 0) is 37.2 Å². The molecule has 1 aliphatic heterocycles. The molecular weight excluding hydrogens is 362 g/mol. The van der Waals surface area contributed by atoms with Crippen LogP contribution in [-0.4, -0.2) is 56.0 Å². The maximum absolute atomic E-state index is 13.5. The Labute approximate surface area is 171 Å². The van der Waals surface area contributed by atoms with E-state index in [1.54, 1.807) is 13.3 Å². The molecule has 0 radical (unpaired) electrons. The minimum absolute atomic E-state index is 0.0128. The first-order valence-corrected chi connectivity index (χ1v) is 10.1. The summed E-state index contributed by atoms with van der Waals surface area (Å²) in [6.07, 6.45) is 2.69. The van der Waals surface area contributed by atoms with Crippen molar-refractivity contribution in [3.63, 3.8) is 0 Å². The van der Waals surface area contributed by atoms with Crippen LogP contribution in [0.25, 0.3) is 10.9 Å². The molecule has 0 amide bonds. The van der Waals surface area contributed by atoms with Crippen LogP contribution in [0.2, 0.25) is 0 Å². The van der Waals surface area contributed by atoms with Gasteiger partial charge in [0.15, 0.2) is 5.78 Å². The van der Waals surface area contributed by atoms with Crippen molar-refractivity contribution >= 4 is 22.4 Å². The summed E-state index contributed by atoms with van der Waals surface area (Å²) < 4.78 is 5.45. The van der Waals surface area contributed by atoms with Crippen LogP contribution in [0.4, 0.5) is 5.69 Å². The van der Waals surface area contributed by atoms with Gasteiger partial charge in [-0.3, -0.25) is 9.78 Å². The molecule has 0 saturated carbocycles. The molecule has 0 bridgehead atoms. The fourth-order valence-electron chi connectivity index (χ4n) is 3.87. The van der Waals surface area contributed by atoms with E-state index in [-0.39, 0.29) is 5.78 Å². The van der Waals surface area contributed by atoms with Crippen LogP contribution in [0, 0.1) is 0 Å². The first-order chi connectivity index (χ1) is 14.1. The fraction of sp³-hybridized carbons (Fsp3) is 0.333. The van der Waals surface area contributed by atoms with Crippen LogP contribution >= 0.6 is 0 Å². The van der Waals surface area contributed by atoms with Gasteiger partial charge in [-0.25, -0.2) is 0 Å². The van der Waals surface area contributed by atoms with Crippen LogP contribution in [-0.2, 0) is 6.42 Å². The molecule has 1 aromatic heterocycles. The number of carbonyl (C=O) groups excluding carboxylic acids is 1. The first kappa shape index (κ1) is 19.4. The van der Waals surface area contributed by atoms with Gasteiger partial charge in [0.05, 0.1) is 23.9 Å². The Morgan fingerprint density at radius 1 is 1.07 bits per heavy atom. The van der Waals surface area contributed by atoms with Crippen LogP contribution < -0.4 is 9.64 Å². The molecule has 2 heterocycles. The van der Waals surface area contributed by atoms with Gasteiger partial charge in [0.2, 0.25) is 0 Å². The van der Waals surface area contributed by atoms with E-state index < -0.39 is 0 Å². The number of piperazine rings is 1. The SMILES string of the molecule is CCc1ccc(C(=O)c2cnc3ccc(OC)cc3c2N2CCN(C)CC2)cc1. The molecule has 5 heteroatoms. The zero-order valence-electron chi connectivity index (χ0n) is 17.3. The zero-order valence-corrected chi connectivity index (χ0v) is 17.3. The van der Waals surface area contributed by atoms with Gasteiger partial charge in [-0.2, -0.15) is 0 Å². The molecule has 1 aliphatic rings. The quantitative estimate of drug-likeness (QED) is 0.622. The van der Waals surface area contributed by atoms with E-state index in [4.69, 9.17) is 4.74 Å². The third-order valence-electron chi connectivity index (χ3n) is 5.74. The minimum Gasteiger partial charge on any atom is -0.497 e. The van der Waals surface area contributed by atoms with E-state index in [0.29, 0.717) is 11.1 Å². The Morgan fingerprint density at radius 2 is 1.79 bits per heavy atom. The van der Waals surface area contributed by atoms with Gasteiger partial charge >= 0.3 is 0 Å². The number of aromatic nitrogens is 1. The van der Waals surface area contributed by atoms with Crippen LogP contribution in [0.1, 0.15) is 28.4 Å². The third-order valence-corrected chi connectivity index (χ3v) is 5.74. The summed E-state index contributed by atoms with van der Waals surface area (Å²) in [7, 11) is 3.79. The first-order valence-electron chi connectivity index (χ1n) is 10.1. The normalized spacial score (nSPS) is 14.9. The molecule has 150 valence electrons. The molecule has 1 fully saturated rings. The summed E-state index contributed by atoms with van der Waals surface area (Å²) in [5.41, 5.74) is 4.41. The van der Waals surface area contributed by atoms with Gasteiger partial charge < -0.3 is 14.5 Å². The number of aryl methyl sites for hydroxylation is 1. The van der Waals surface area contributed by atoms with Crippen molar-refractivity contribution in [1.82, 2.24) is 9.88 Å². The number of methoxy groups -OCH3 is 1.